The number of nitrogens with one attached hydrogen (secondary N) is 1. The number of ether oxygens (including phenoxy) is 1. The van der Waals surface area contributed by atoms with Crippen LogP contribution in [0, 0.1) is 6.92 Å². The molecule has 1 amide bonds. The number of piperidine rings is 1. The number of aryl methyl sites for hydroxylation is 1. The number of nitrogens with zero attached hydrogens (tertiary/aromatic N) is 3. The van der Waals surface area contributed by atoms with Crippen LogP contribution in [-0.2, 0) is 16.6 Å². The number of hydrogen-bond acceptors (Lipinski definition) is 7. The molecule has 146 valence electrons. The topological polar surface area (TPSA) is 115 Å². The summed E-state index contributed by atoms with van der Waals surface area (Å²) in [7, 11) is -3.18. The molecule has 1 fully saturated rings. The molecule has 0 spiro atoms. The third kappa shape index (κ3) is 5.04. The highest BCUT2D eigenvalue weighted by molar-refractivity contribution is 7.88. The number of benzene rings is 1. The molecule has 1 aromatic carbocycles. The van der Waals surface area contributed by atoms with E-state index in [0.717, 1.165) is 0 Å². The minimum Gasteiger partial charge on any atom is -0.489 e. The smallest absolute Gasteiger partial charge is 0.255 e. The number of carbonyl (C=O) groups excluding carboxylic acids is 1. The molecule has 0 bridgehead atoms. The van der Waals surface area contributed by atoms with Crippen LogP contribution in [0.15, 0.2) is 28.8 Å². The molecule has 0 unspecified atom stereocenters. The van der Waals surface area contributed by atoms with Gasteiger partial charge in [-0.1, -0.05) is 17.3 Å². The number of amides is 1. The molecule has 9 nitrogen and oxygen atoms in total. The van der Waals surface area contributed by atoms with Gasteiger partial charge >= 0.3 is 0 Å². The number of aromatic nitrogens is 2. The van der Waals surface area contributed by atoms with Gasteiger partial charge in [-0.3, -0.25) is 4.79 Å². The maximum Gasteiger partial charge on any atom is 0.255 e. The monoisotopic (exact) mass is 394 g/mol. The lowest BCUT2D eigenvalue weighted by molar-refractivity contribution is 0.0934. The van der Waals surface area contributed by atoms with Gasteiger partial charge in [-0.05, 0) is 25.0 Å². The van der Waals surface area contributed by atoms with Crippen molar-refractivity contribution in [3.63, 3.8) is 0 Å². The molecule has 0 saturated carbocycles. The molecule has 0 aliphatic carbocycles. The van der Waals surface area contributed by atoms with Crippen LogP contribution in [0.4, 0.5) is 0 Å². The zero-order valence-electron chi connectivity index (χ0n) is 15.2. The summed E-state index contributed by atoms with van der Waals surface area (Å²) in [6, 6.07) is 6.96. The lowest BCUT2D eigenvalue weighted by Gasteiger charge is -2.30. The number of para-hydroxylation sites is 1. The highest BCUT2D eigenvalue weighted by Gasteiger charge is 2.26. The van der Waals surface area contributed by atoms with Crippen molar-refractivity contribution < 1.29 is 22.5 Å². The minimum atomic E-state index is -3.18. The maximum atomic E-state index is 12.5. The van der Waals surface area contributed by atoms with Crippen LogP contribution in [-0.4, -0.2) is 54.2 Å². The second-order valence-corrected chi connectivity index (χ2v) is 8.37. The molecule has 1 aromatic heterocycles. The van der Waals surface area contributed by atoms with Crippen molar-refractivity contribution in [2.24, 2.45) is 0 Å². The highest BCUT2D eigenvalue weighted by Crippen LogP contribution is 2.24. The van der Waals surface area contributed by atoms with Gasteiger partial charge < -0.3 is 14.6 Å². The van der Waals surface area contributed by atoms with E-state index in [-0.39, 0.29) is 18.6 Å². The van der Waals surface area contributed by atoms with Gasteiger partial charge in [0.2, 0.25) is 15.9 Å². The number of carbonyl (C=O) groups is 1. The summed E-state index contributed by atoms with van der Waals surface area (Å²) < 4.78 is 35.5. The molecule has 0 atom stereocenters. The van der Waals surface area contributed by atoms with E-state index in [1.807, 2.05) is 0 Å². The SMILES string of the molecule is Cc1nc(CNC(=O)c2ccccc2OC2CCN(S(C)(=O)=O)CC2)no1. The molecule has 2 heterocycles. The van der Waals surface area contributed by atoms with Crippen LogP contribution in [0.2, 0.25) is 0 Å². The zero-order chi connectivity index (χ0) is 19.4. The van der Waals surface area contributed by atoms with E-state index in [0.29, 0.717) is 49.0 Å². The Hall–Kier alpha value is -2.46. The molecular weight excluding hydrogens is 372 g/mol. The van der Waals surface area contributed by atoms with E-state index < -0.39 is 10.0 Å². The normalized spacial score (nSPS) is 16.2. The molecule has 1 aliphatic rings. The highest BCUT2D eigenvalue weighted by atomic mass is 32.2. The fraction of sp³-hybridized carbons (Fsp3) is 0.471. The van der Waals surface area contributed by atoms with Crippen molar-refractivity contribution >= 4 is 15.9 Å². The van der Waals surface area contributed by atoms with E-state index in [9.17, 15) is 13.2 Å². The third-order valence-electron chi connectivity index (χ3n) is 4.27. The van der Waals surface area contributed by atoms with Crippen molar-refractivity contribution in [2.45, 2.75) is 32.4 Å². The quantitative estimate of drug-likeness (QED) is 0.780. The van der Waals surface area contributed by atoms with Gasteiger partial charge in [0, 0.05) is 20.0 Å². The summed E-state index contributed by atoms with van der Waals surface area (Å²) in [6.45, 7) is 2.65. The third-order valence-corrected chi connectivity index (χ3v) is 5.58. The standard InChI is InChI=1S/C17H22N4O5S/c1-12-19-16(20-26-12)11-18-17(22)14-5-3-4-6-15(14)25-13-7-9-21(10-8-13)27(2,23)24/h3-6,13H,7-11H2,1-2H3,(H,18,22). The first-order valence-corrected chi connectivity index (χ1v) is 10.5. The Balaban J connectivity index is 1.61. The number of rotatable bonds is 6. The zero-order valence-corrected chi connectivity index (χ0v) is 16.0. The van der Waals surface area contributed by atoms with Crippen molar-refractivity contribution in [1.29, 1.82) is 0 Å². The molecular formula is C17H22N4O5S. The predicted molar refractivity (Wildman–Crippen MR) is 96.7 cm³/mol. The fourth-order valence-corrected chi connectivity index (χ4v) is 3.76. The minimum absolute atomic E-state index is 0.142. The molecule has 1 saturated heterocycles. The van der Waals surface area contributed by atoms with Crippen molar-refractivity contribution in [1.82, 2.24) is 19.8 Å². The van der Waals surface area contributed by atoms with Crippen LogP contribution in [0.25, 0.3) is 0 Å². The van der Waals surface area contributed by atoms with Gasteiger partial charge in [-0.25, -0.2) is 12.7 Å². The summed E-state index contributed by atoms with van der Waals surface area (Å²) in [5.41, 5.74) is 0.406. The van der Waals surface area contributed by atoms with Gasteiger partial charge in [0.15, 0.2) is 5.82 Å². The van der Waals surface area contributed by atoms with E-state index in [4.69, 9.17) is 9.26 Å². The Bertz CT molecular complexity index is 904. The molecule has 2 aromatic rings. The summed E-state index contributed by atoms with van der Waals surface area (Å²) in [6.07, 6.45) is 2.21. The molecule has 1 aliphatic heterocycles. The lowest BCUT2D eigenvalue weighted by Crippen LogP contribution is -2.41. The molecule has 3 rings (SSSR count). The first-order valence-electron chi connectivity index (χ1n) is 8.61. The molecule has 27 heavy (non-hydrogen) atoms. The second-order valence-electron chi connectivity index (χ2n) is 6.39. The largest absolute Gasteiger partial charge is 0.489 e. The van der Waals surface area contributed by atoms with Crippen molar-refractivity contribution in [3.05, 3.63) is 41.5 Å². The number of hydrogen-bond donors (Lipinski definition) is 1. The average molecular weight is 394 g/mol. The summed E-state index contributed by atoms with van der Waals surface area (Å²) in [5, 5.41) is 6.48. The maximum absolute atomic E-state index is 12.5. The van der Waals surface area contributed by atoms with Crippen LogP contribution >= 0.6 is 0 Å². The van der Waals surface area contributed by atoms with Crippen LogP contribution in [0.3, 0.4) is 0 Å². The summed E-state index contributed by atoms with van der Waals surface area (Å²) in [5.74, 6) is 0.995. The first-order chi connectivity index (χ1) is 12.8. The summed E-state index contributed by atoms with van der Waals surface area (Å²) in [4.78, 5) is 16.5. The number of sulfonamides is 1. The Morgan fingerprint density at radius 2 is 2.04 bits per heavy atom. The van der Waals surface area contributed by atoms with E-state index >= 15 is 0 Å². The summed E-state index contributed by atoms with van der Waals surface area (Å²) >= 11 is 0. The van der Waals surface area contributed by atoms with Gasteiger partial charge in [0.1, 0.15) is 11.9 Å². The first kappa shape index (κ1) is 19.3. The van der Waals surface area contributed by atoms with Crippen molar-refractivity contribution in [3.8, 4) is 5.75 Å². The second kappa shape index (κ2) is 8.05. The van der Waals surface area contributed by atoms with Crippen molar-refractivity contribution in [2.75, 3.05) is 19.3 Å². The van der Waals surface area contributed by atoms with Gasteiger partial charge in [-0.15, -0.1) is 0 Å². The van der Waals surface area contributed by atoms with Crippen LogP contribution in [0.5, 0.6) is 5.75 Å². The van der Waals surface area contributed by atoms with Gasteiger partial charge in [0.25, 0.3) is 5.91 Å². The van der Waals surface area contributed by atoms with E-state index in [2.05, 4.69) is 15.5 Å². The van der Waals surface area contributed by atoms with Gasteiger partial charge in [0.05, 0.1) is 18.4 Å². The Morgan fingerprint density at radius 1 is 1.33 bits per heavy atom. The van der Waals surface area contributed by atoms with E-state index in [1.54, 1.807) is 31.2 Å². The van der Waals surface area contributed by atoms with E-state index in [1.165, 1.54) is 10.6 Å². The Morgan fingerprint density at radius 3 is 2.67 bits per heavy atom. The predicted octanol–water partition coefficient (Wildman–Crippen LogP) is 1.11. The lowest BCUT2D eigenvalue weighted by atomic mass is 10.1. The average Bonchev–Trinajstić information content (AvgIpc) is 3.05. The Labute approximate surface area is 157 Å². The Kier molecular flexibility index (Phi) is 5.76. The fourth-order valence-electron chi connectivity index (χ4n) is 2.89. The molecule has 10 heteroatoms. The van der Waals surface area contributed by atoms with Crippen LogP contribution in [0.1, 0.15) is 34.9 Å². The van der Waals surface area contributed by atoms with Crippen LogP contribution < -0.4 is 10.1 Å². The molecule has 1 N–H and O–H groups in total. The molecule has 0 radical (unpaired) electrons. The van der Waals surface area contributed by atoms with Gasteiger partial charge in [-0.2, -0.15) is 4.98 Å².